The van der Waals surface area contributed by atoms with Gasteiger partial charge >= 0.3 is 6.18 Å². The highest BCUT2D eigenvalue weighted by Crippen LogP contribution is 2.33. The van der Waals surface area contributed by atoms with Gasteiger partial charge in [-0.25, -0.2) is 4.39 Å². The summed E-state index contributed by atoms with van der Waals surface area (Å²) >= 11 is 0. The zero-order valence-electron chi connectivity index (χ0n) is 10.8. The molecule has 2 unspecified atom stereocenters. The zero-order chi connectivity index (χ0) is 14.8. The molecule has 1 aromatic carbocycles. The summed E-state index contributed by atoms with van der Waals surface area (Å²) in [6.07, 6.45) is -5.05. The molecule has 7 heteroatoms. The number of benzene rings is 1. The standard InChI is InChI=1S/C13H15F4NO2/c1-18-12(11-7-19-4-5-20-11)8-2-3-9(10(14)6-8)13(15,16)17/h2-3,6,11-12,18H,4-5,7H2,1H3. The molecule has 1 heterocycles. The summed E-state index contributed by atoms with van der Waals surface area (Å²) in [4.78, 5) is 0. The molecule has 20 heavy (non-hydrogen) atoms. The number of halogens is 4. The van der Waals surface area contributed by atoms with Crippen LogP contribution in [0.5, 0.6) is 0 Å². The number of ether oxygens (including phenoxy) is 2. The lowest BCUT2D eigenvalue weighted by Gasteiger charge is -2.30. The van der Waals surface area contributed by atoms with Crippen LogP contribution in [-0.2, 0) is 15.7 Å². The minimum absolute atomic E-state index is 0.314. The summed E-state index contributed by atoms with van der Waals surface area (Å²) < 4.78 is 61.9. The van der Waals surface area contributed by atoms with Crippen LogP contribution < -0.4 is 5.32 Å². The van der Waals surface area contributed by atoms with Crippen LogP contribution in [0.4, 0.5) is 17.6 Å². The fourth-order valence-electron chi connectivity index (χ4n) is 2.22. The molecule has 0 radical (unpaired) electrons. The van der Waals surface area contributed by atoms with E-state index in [0.29, 0.717) is 25.4 Å². The minimum atomic E-state index is -4.69. The van der Waals surface area contributed by atoms with Crippen molar-refractivity contribution in [3.05, 3.63) is 35.1 Å². The molecule has 3 nitrogen and oxygen atoms in total. The number of nitrogens with one attached hydrogen (secondary N) is 1. The van der Waals surface area contributed by atoms with Gasteiger partial charge in [-0.05, 0) is 24.7 Å². The van der Waals surface area contributed by atoms with Crippen LogP contribution in [0, 0.1) is 5.82 Å². The summed E-state index contributed by atoms with van der Waals surface area (Å²) in [5.41, 5.74) is -0.870. The van der Waals surface area contributed by atoms with Crippen LogP contribution in [-0.4, -0.2) is 33.0 Å². The first-order valence-corrected chi connectivity index (χ1v) is 6.16. The van der Waals surface area contributed by atoms with E-state index in [1.807, 2.05) is 0 Å². The fraction of sp³-hybridized carbons (Fsp3) is 0.538. The van der Waals surface area contributed by atoms with Gasteiger partial charge in [-0.15, -0.1) is 0 Å². The van der Waals surface area contributed by atoms with Gasteiger partial charge in [0.15, 0.2) is 0 Å². The van der Waals surface area contributed by atoms with Crippen molar-refractivity contribution in [2.24, 2.45) is 0 Å². The van der Waals surface area contributed by atoms with Gasteiger partial charge in [0.1, 0.15) is 11.9 Å². The van der Waals surface area contributed by atoms with E-state index in [9.17, 15) is 17.6 Å². The van der Waals surface area contributed by atoms with E-state index in [-0.39, 0.29) is 6.10 Å². The van der Waals surface area contributed by atoms with Crippen molar-refractivity contribution >= 4 is 0 Å². The van der Waals surface area contributed by atoms with E-state index in [4.69, 9.17) is 9.47 Å². The van der Waals surface area contributed by atoms with Crippen LogP contribution in [0.3, 0.4) is 0 Å². The van der Waals surface area contributed by atoms with Gasteiger partial charge in [0.25, 0.3) is 0 Å². The lowest BCUT2D eigenvalue weighted by Crippen LogP contribution is -2.39. The number of hydrogen-bond acceptors (Lipinski definition) is 3. The van der Waals surface area contributed by atoms with Crippen molar-refractivity contribution in [1.29, 1.82) is 0 Å². The van der Waals surface area contributed by atoms with E-state index in [0.717, 1.165) is 12.1 Å². The molecule has 1 aliphatic heterocycles. The maximum atomic E-state index is 13.6. The van der Waals surface area contributed by atoms with Crippen LogP contribution in [0.1, 0.15) is 17.2 Å². The Balaban J connectivity index is 2.24. The smallest absolute Gasteiger partial charge is 0.376 e. The zero-order valence-corrected chi connectivity index (χ0v) is 10.8. The molecule has 0 bridgehead atoms. The first kappa shape index (κ1) is 15.2. The maximum absolute atomic E-state index is 13.6. The maximum Gasteiger partial charge on any atom is 0.419 e. The third-order valence-electron chi connectivity index (χ3n) is 3.18. The first-order chi connectivity index (χ1) is 9.43. The molecule has 0 spiro atoms. The topological polar surface area (TPSA) is 30.5 Å². The number of alkyl halides is 3. The van der Waals surface area contributed by atoms with Crippen LogP contribution >= 0.6 is 0 Å². The predicted octanol–water partition coefficient (Wildman–Crippen LogP) is 2.52. The van der Waals surface area contributed by atoms with E-state index >= 15 is 0 Å². The molecule has 112 valence electrons. The Morgan fingerprint density at radius 1 is 1.30 bits per heavy atom. The Kier molecular flexibility index (Phi) is 4.62. The second-order valence-corrected chi connectivity index (χ2v) is 4.49. The molecule has 0 amide bonds. The van der Waals surface area contributed by atoms with E-state index < -0.39 is 23.6 Å². The van der Waals surface area contributed by atoms with Gasteiger partial charge in [-0.2, -0.15) is 13.2 Å². The summed E-state index contributed by atoms with van der Waals surface area (Å²) in [5, 5.41) is 2.92. The predicted molar refractivity (Wildman–Crippen MR) is 63.8 cm³/mol. The van der Waals surface area contributed by atoms with Crippen molar-refractivity contribution in [3.63, 3.8) is 0 Å². The average molecular weight is 293 g/mol. The Morgan fingerprint density at radius 2 is 2.05 bits per heavy atom. The van der Waals surface area contributed by atoms with Crippen molar-refractivity contribution in [2.75, 3.05) is 26.9 Å². The van der Waals surface area contributed by atoms with Crippen LogP contribution in [0.25, 0.3) is 0 Å². The lowest BCUT2D eigenvalue weighted by molar-refractivity contribution is -0.140. The quantitative estimate of drug-likeness (QED) is 0.869. The first-order valence-electron chi connectivity index (χ1n) is 6.16. The third kappa shape index (κ3) is 3.28. The molecular weight excluding hydrogens is 278 g/mol. The van der Waals surface area contributed by atoms with E-state index in [1.165, 1.54) is 6.07 Å². The number of likely N-dealkylation sites (N-methyl/N-ethyl adjacent to an activating group) is 1. The molecule has 1 fully saturated rings. The van der Waals surface area contributed by atoms with Gasteiger partial charge in [-0.3, -0.25) is 0 Å². The summed E-state index contributed by atoms with van der Waals surface area (Å²) in [6.45, 7) is 1.20. The van der Waals surface area contributed by atoms with Crippen molar-refractivity contribution < 1.29 is 27.0 Å². The molecule has 1 saturated heterocycles. The molecule has 0 saturated carbocycles. The second kappa shape index (κ2) is 6.07. The fourth-order valence-corrected chi connectivity index (χ4v) is 2.22. The Hall–Kier alpha value is -1.18. The molecule has 1 N–H and O–H groups in total. The van der Waals surface area contributed by atoms with Gasteiger partial charge in [0.05, 0.1) is 31.4 Å². The summed E-state index contributed by atoms with van der Waals surface area (Å²) in [7, 11) is 1.64. The van der Waals surface area contributed by atoms with Gasteiger partial charge < -0.3 is 14.8 Å². The lowest BCUT2D eigenvalue weighted by atomic mass is 9.99. The largest absolute Gasteiger partial charge is 0.419 e. The molecule has 0 aliphatic carbocycles. The Labute approximate surface area is 113 Å². The normalized spacial score (nSPS) is 21.8. The van der Waals surface area contributed by atoms with Gasteiger partial charge in [0, 0.05) is 0 Å². The van der Waals surface area contributed by atoms with Crippen LogP contribution in [0.2, 0.25) is 0 Å². The molecule has 2 atom stereocenters. The second-order valence-electron chi connectivity index (χ2n) is 4.49. The van der Waals surface area contributed by atoms with E-state index in [1.54, 1.807) is 7.05 Å². The Bertz CT molecular complexity index is 458. The third-order valence-corrected chi connectivity index (χ3v) is 3.18. The van der Waals surface area contributed by atoms with E-state index in [2.05, 4.69) is 5.32 Å². The van der Waals surface area contributed by atoms with Crippen molar-refractivity contribution in [1.82, 2.24) is 5.32 Å². The monoisotopic (exact) mass is 293 g/mol. The molecule has 1 aromatic rings. The molecular formula is C13H15F4NO2. The molecule has 0 aromatic heterocycles. The summed E-state index contributed by atoms with van der Waals surface area (Å²) in [6, 6.07) is 2.47. The van der Waals surface area contributed by atoms with Crippen molar-refractivity contribution in [2.45, 2.75) is 18.3 Å². The Morgan fingerprint density at radius 3 is 2.55 bits per heavy atom. The summed E-state index contributed by atoms with van der Waals surface area (Å²) in [5.74, 6) is -1.29. The number of rotatable bonds is 3. The average Bonchev–Trinajstić information content (AvgIpc) is 2.39. The highest BCUT2D eigenvalue weighted by atomic mass is 19.4. The van der Waals surface area contributed by atoms with Gasteiger partial charge in [-0.1, -0.05) is 6.07 Å². The molecule has 2 rings (SSSR count). The van der Waals surface area contributed by atoms with Crippen LogP contribution in [0.15, 0.2) is 18.2 Å². The van der Waals surface area contributed by atoms with Crippen molar-refractivity contribution in [3.8, 4) is 0 Å². The van der Waals surface area contributed by atoms with Gasteiger partial charge in [0.2, 0.25) is 0 Å². The minimum Gasteiger partial charge on any atom is -0.376 e. The number of hydrogen-bond donors (Lipinski definition) is 1. The molecule has 1 aliphatic rings. The highest BCUT2D eigenvalue weighted by molar-refractivity contribution is 5.29. The highest BCUT2D eigenvalue weighted by Gasteiger charge is 2.35. The SMILES string of the molecule is CNC(c1ccc(C(F)(F)F)c(F)c1)C1COCCO1.